The summed E-state index contributed by atoms with van der Waals surface area (Å²) in [6, 6.07) is -0.501. The first-order valence-corrected chi connectivity index (χ1v) is 7.35. The van der Waals surface area contributed by atoms with Gasteiger partial charge in [0.1, 0.15) is 0 Å². The lowest BCUT2D eigenvalue weighted by Gasteiger charge is -2.50. The van der Waals surface area contributed by atoms with E-state index in [-0.39, 0.29) is 42.9 Å². The van der Waals surface area contributed by atoms with E-state index in [1.165, 1.54) is 0 Å². The summed E-state index contributed by atoms with van der Waals surface area (Å²) in [5.41, 5.74) is -2.58. The van der Waals surface area contributed by atoms with E-state index in [0.717, 1.165) is 6.42 Å². The van der Waals surface area contributed by atoms with Gasteiger partial charge in [-0.1, -0.05) is 13.8 Å². The number of hydrogen-bond acceptors (Lipinski definition) is 3. The van der Waals surface area contributed by atoms with E-state index in [9.17, 15) is 23.1 Å². The fourth-order valence-corrected chi connectivity index (χ4v) is 3.51. The number of rotatable bonds is 4. The lowest BCUT2D eigenvalue weighted by atomic mass is 9.65. The highest BCUT2D eigenvalue weighted by Crippen LogP contribution is 2.48. The molecule has 0 radical (unpaired) electrons. The van der Waals surface area contributed by atoms with Crippen molar-refractivity contribution in [3.63, 3.8) is 0 Å². The van der Waals surface area contributed by atoms with E-state index >= 15 is 0 Å². The monoisotopic (exact) mass is 324 g/mol. The number of nitrogens with one attached hydrogen (secondary N) is 2. The maximum Gasteiger partial charge on any atom is 0.417 e. The van der Waals surface area contributed by atoms with Crippen molar-refractivity contribution in [2.45, 2.75) is 57.0 Å². The van der Waals surface area contributed by atoms with Crippen LogP contribution in [0.15, 0.2) is 0 Å². The van der Waals surface area contributed by atoms with Crippen LogP contribution in [0.1, 0.15) is 33.1 Å². The van der Waals surface area contributed by atoms with Crippen molar-refractivity contribution >= 4 is 6.03 Å². The van der Waals surface area contributed by atoms with E-state index in [4.69, 9.17) is 4.74 Å². The number of halogens is 3. The number of hydrogen-bond donors (Lipinski definition) is 3. The van der Waals surface area contributed by atoms with Crippen molar-refractivity contribution < 1.29 is 27.8 Å². The third kappa shape index (κ3) is 3.17. The molecular formula is C14H23F3N2O3. The Morgan fingerprint density at radius 3 is 2.36 bits per heavy atom. The van der Waals surface area contributed by atoms with E-state index in [0.29, 0.717) is 0 Å². The van der Waals surface area contributed by atoms with Crippen LogP contribution in [0.25, 0.3) is 0 Å². The van der Waals surface area contributed by atoms with Gasteiger partial charge in [-0.15, -0.1) is 0 Å². The number of methoxy groups -OCH3 is 1. The van der Waals surface area contributed by atoms with Crippen LogP contribution >= 0.6 is 0 Å². The normalized spacial score (nSPS) is 37.0. The van der Waals surface area contributed by atoms with Crippen LogP contribution in [0, 0.1) is 11.3 Å². The molecule has 2 aliphatic rings. The quantitative estimate of drug-likeness (QED) is 0.738. The summed E-state index contributed by atoms with van der Waals surface area (Å²) in [7, 11) is 1.59. The number of carbonyl (C=O) groups is 1. The van der Waals surface area contributed by atoms with Crippen molar-refractivity contribution in [2.24, 2.45) is 11.3 Å². The lowest BCUT2D eigenvalue weighted by Crippen LogP contribution is -2.63. The van der Waals surface area contributed by atoms with Crippen LogP contribution in [-0.4, -0.2) is 48.7 Å². The largest absolute Gasteiger partial charge is 0.417 e. The molecule has 2 rings (SSSR count). The van der Waals surface area contributed by atoms with Gasteiger partial charge in [-0.3, -0.25) is 0 Å². The summed E-state index contributed by atoms with van der Waals surface area (Å²) in [6.45, 7) is 4.21. The summed E-state index contributed by atoms with van der Waals surface area (Å²) in [5, 5.41) is 14.7. The van der Waals surface area contributed by atoms with Crippen LogP contribution in [-0.2, 0) is 4.74 Å². The molecule has 2 unspecified atom stereocenters. The maximum atomic E-state index is 12.5. The average molecular weight is 324 g/mol. The van der Waals surface area contributed by atoms with Crippen LogP contribution < -0.4 is 10.6 Å². The highest BCUT2D eigenvalue weighted by Gasteiger charge is 2.61. The number of carbonyl (C=O) groups excluding carboxylic acids is 1. The minimum absolute atomic E-state index is 0.00384. The van der Waals surface area contributed by atoms with Crippen molar-refractivity contribution in [3.8, 4) is 0 Å². The number of urea groups is 1. The van der Waals surface area contributed by atoms with Crippen molar-refractivity contribution in [1.82, 2.24) is 10.6 Å². The minimum Gasteiger partial charge on any atom is -0.380 e. The third-order valence-corrected chi connectivity index (χ3v) is 4.78. The molecule has 0 aromatic heterocycles. The summed E-state index contributed by atoms with van der Waals surface area (Å²) in [6.07, 6.45) is -4.62. The fourth-order valence-electron chi connectivity index (χ4n) is 3.51. The molecule has 128 valence electrons. The molecule has 0 saturated heterocycles. The van der Waals surface area contributed by atoms with Crippen LogP contribution in [0.4, 0.5) is 18.0 Å². The zero-order valence-corrected chi connectivity index (χ0v) is 13.0. The van der Waals surface area contributed by atoms with Gasteiger partial charge >= 0.3 is 12.2 Å². The highest BCUT2D eigenvalue weighted by molar-refractivity contribution is 5.74. The first kappa shape index (κ1) is 17.3. The molecule has 0 spiro atoms. The number of alkyl halides is 3. The fraction of sp³-hybridized carbons (Fsp3) is 0.929. The SMILES string of the molecule is COC1C(NC(=O)NCC2CC(O)(C(F)(F)F)C2)CC1(C)C. The Morgan fingerprint density at radius 1 is 1.32 bits per heavy atom. The van der Waals surface area contributed by atoms with Crippen molar-refractivity contribution in [2.75, 3.05) is 13.7 Å². The van der Waals surface area contributed by atoms with Gasteiger partial charge in [-0.2, -0.15) is 13.2 Å². The predicted octanol–water partition coefficient (Wildman–Crippen LogP) is 1.80. The number of aliphatic hydroxyl groups is 1. The van der Waals surface area contributed by atoms with E-state index in [1.54, 1.807) is 7.11 Å². The standard InChI is InChI=1S/C14H23F3N2O3/c1-12(2)6-9(10(12)22-3)19-11(20)18-7-8-4-13(21,5-8)14(15,16)17/h8-10,21H,4-7H2,1-3H3,(H2,18,19,20). The summed E-state index contributed by atoms with van der Waals surface area (Å²) >= 11 is 0. The van der Waals surface area contributed by atoms with Gasteiger partial charge in [0.25, 0.3) is 0 Å². The Labute approximate surface area is 127 Å². The molecule has 0 bridgehead atoms. The van der Waals surface area contributed by atoms with Gasteiger partial charge in [0.05, 0.1) is 12.1 Å². The Bertz CT molecular complexity index is 434. The second kappa shape index (κ2) is 5.56. The number of ether oxygens (including phenoxy) is 1. The van der Waals surface area contributed by atoms with Gasteiger partial charge < -0.3 is 20.5 Å². The lowest BCUT2D eigenvalue weighted by molar-refractivity contribution is -0.298. The minimum atomic E-state index is -4.60. The first-order valence-electron chi connectivity index (χ1n) is 7.35. The van der Waals surface area contributed by atoms with Gasteiger partial charge in [-0.25, -0.2) is 4.79 Å². The number of amides is 2. The second-order valence-corrected chi connectivity index (χ2v) is 7.11. The van der Waals surface area contributed by atoms with Gasteiger partial charge in [0, 0.05) is 13.7 Å². The third-order valence-electron chi connectivity index (χ3n) is 4.78. The summed E-state index contributed by atoms with van der Waals surface area (Å²) in [5.74, 6) is -0.353. The molecule has 5 nitrogen and oxygen atoms in total. The Balaban J connectivity index is 1.68. The molecule has 0 aliphatic heterocycles. The molecule has 2 saturated carbocycles. The van der Waals surface area contributed by atoms with Gasteiger partial charge in [0.15, 0.2) is 5.60 Å². The predicted molar refractivity (Wildman–Crippen MR) is 73.2 cm³/mol. The molecule has 2 fully saturated rings. The molecule has 8 heteroatoms. The van der Waals surface area contributed by atoms with Crippen molar-refractivity contribution in [1.29, 1.82) is 0 Å². The molecular weight excluding hydrogens is 301 g/mol. The van der Waals surface area contributed by atoms with Crippen LogP contribution in [0.2, 0.25) is 0 Å². The first-order chi connectivity index (χ1) is 9.98. The summed E-state index contributed by atoms with van der Waals surface area (Å²) < 4.78 is 42.8. The molecule has 0 heterocycles. The Hall–Kier alpha value is -1.02. The molecule has 2 aliphatic carbocycles. The van der Waals surface area contributed by atoms with Gasteiger partial charge in [0.2, 0.25) is 0 Å². The van der Waals surface area contributed by atoms with Crippen molar-refractivity contribution in [3.05, 3.63) is 0 Å². The molecule has 0 aromatic rings. The highest BCUT2D eigenvalue weighted by atomic mass is 19.4. The smallest absolute Gasteiger partial charge is 0.380 e. The van der Waals surface area contributed by atoms with E-state index in [2.05, 4.69) is 10.6 Å². The molecule has 3 N–H and O–H groups in total. The Kier molecular flexibility index (Phi) is 4.38. The second-order valence-electron chi connectivity index (χ2n) is 7.11. The molecule has 22 heavy (non-hydrogen) atoms. The van der Waals surface area contributed by atoms with Gasteiger partial charge in [-0.05, 0) is 30.6 Å². The maximum absolute atomic E-state index is 12.5. The molecule has 0 aromatic carbocycles. The van der Waals surface area contributed by atoms with Crippen LogP contribution in [0.5, 0.6) is 0 Å². The average Bonchev–Trinajstić information content (AvgIpc) is 2.30. The molecule has 2 amide bonds. The molecule has 2 atom stereocenters. The van der Waals surface area contributed by atoms with E-state index in [1.807, 2.05) is 13.8 Å². The topological polar surface area (TPSA) is 70.6 Å². The zero-order valence-electron chi connectivity index (χ0n) is 13.0. The van der Waals surface area contributed by atoms with E-state index < -0.39 is 17.8 Å². The summed E-state index contributed by atoms with van der Waals surface area (Å²) in [4.78, 5) is 11.8. The Morgan fingerprint density at radius 2 is 1.91 bits per heavy atom. The van der Waals surface area contributed by atoms with Crippen LogP contribution in [0.3, 0.4) is 0 Å². The zero-order chi connectivity index (χ0) is 16.8.